The van der Waals surface area contributed by atoms with E-state index in [1.54, 1.807) is 6.07 Å². The summed E-state index contributed by atoms with van der Waals surface area (Å²) in [6.45, 7) is 2.44. The van der Waals surface area contributed by atoms with Crippen LogP contribution in [0.3, 0.4) is 0 Å². The lowest BCUT2D eigenvalue weighted by Crippen LogP contribution is -2.28. The SMILES string of the molecule is Cc1cccc(N(Cc2ccc(F)cc2Cl)C2=N[C@@H]3CS(=O)(=O)C[C@@H]3S2)c1. The van der Waals surface area contributed by atoms with Crippen molar-refractivity contribution in [2.45, 2.75) is 24.8 Å². The molecule has 2 aliphatic rings. The van der Waals surface area contributed by atoms with Crippen LogP contribution in [0.4, 0.5) is 10.1 Å². The fourth-order valence-electron chi connectivity index (χ4n) is 3.36. The van der Waals surface area contributed by atoms with Crippen LogP contribution in [-0.4, -0.2) is 36.4 Å². The predicted octanol–water partition coefficient (Wildman–Crippen LogP) is 4.06. The summed E-state index contributed by atoms with van der Waals surface area (Å²) in [6, 6.07) is 12.2. The number of halogens is 2. The first-order chi connectivity index (χ1) is 12.8. The summed E-state index contributed by atoms with van der Waals surface area (Å²) in [7, 11) is -3.01. The lowest BCUT2D eigenvalue weighted by molar-refractivity contribution is 0.601. The molecule has 27 heavy (non-hydrogen) atoms. The maximum Gasteiger partial charge on any atom is 0.164 e. The van der Waals surface area contributed by atoms with Crippen molar-refractivity contribution in [3.63, 3.8) is 0 Å². The Bertz CT molecular complexity index is 1030. The van der Waals surface area contributed by atoms with Crippen LogP contribution in [0.2, 0.25) is 5.02 Å². The first kappa shape index (κ1) is 18.8. The maximum absolute atomic E-state index is 13.4. The maximum atomic E-state index is 13.4. The van der Waals surface area contributed by atoms with Crippen LogP contribution in [0.5, 0.6) is 0 Å². The smallest absolute Gasteiger partial charge is 0.164 e. The third kappa shape index (κ3) is 4.00. The summed E-state index contributed by atoms with van der Waals surface area (Å²) in [4.78, 5) is 6.73. The van der Waals surface area contributed by atoms with Crippen molar-refractivity contribution in [3.05, 3.63) is 64.4 Å². The highest BCUT2D eigenvalue weighted by atomic mass is 35.5. The Morgan fingerprint density at radius 3 is 2.78 bits per heavy atom. The van der Waals surface area contributed by atoms with Gasteiger partial charge in [-0.1, -0.05) is 41.6 Å². The second-order valence-electron chi connectivity index (χ2n) is 6.87. The Kier molecular flexibility index (Phi) is 4.94. The number of rotatable bonds is 3. The van der Waals surface area contributed by atoms with Gasteiger partial charge in [-0.25, -0.2) is 12.8 Å². The Morgan fingerprint density at radius 2 is 2.07 bits per heavy atom. The molecule has 2 atom stereocenters. The molecule has 0 unspecified atom stereocenters. The molecule has 0 aromatic heterocycles. The van der Waals surface area contributed by atoms with Gasteiger partial charge in [0.1, 0.15) is 5.82 Å². The van der Waals surface area contributed by atoms with Gasteiger partial charge >= 0.3 is 0 Å². The molecule has 4 nitrogen and oxygen atoms in total. The molecule has 0 saturated carbocycles. The molecule has 142 valence electrons. The molecule has 2 aromatic rings. The summed E-state index contributed by atoms with van der Waals surface area (Å²) in [5, 5.41) is 1.10. The third-order valence-corrected chi connectivity index (χ3v) is 8.29. The monoisotopic (exact) mass is 424 g/mol. The summed E-state index contributed by atoms with van der Waals surface area (Å²) in [6.07, 6.45) is 0. The van der Waals surface area contributed by atoms with Gasteiger partial charge in [0.05, 0.1) is 24.1 Å². The van der Waals surface area contributed by atoms with E-state index in [1.165, 1.54) is 23.9 Å². The molecule has 8 heteroatoms. The minimum Gasteiger partial charge on any atom is -0.317 e. The molecule has 0 radical (unpaired) electrons. The van der Waals surface area contributed by atoms with Gasteiger partial charge in [-0.3, -0.25) is 4.99 Å². The van der Waals surface area contributed by atoms with Crippen LogP contribution in [0.1, 0.15) is 11.1 Å². The minimum atomic E-state index is -3.01. The Balaban J connectivity index is 1.69. The highest BCUT2D eigenvalue weighted by Gasteiger charge is 2.44. The number of aliphatic imine (C=N–C) groups is 1. The third-order valence-electron chi connectivity index (χ3n) is 4.69. The summed E-state index contributed by atoms with van der Waals surface area (Å²) in [5.41, 5.74) is 2.84. The molecule has 2 aliphatic heterocycles. The van der Waals surface area contributed by atoms with E-state index < -0.39 is 9.84 Å². The summed E-state index contributed by atoms with van der Waals surface area (Å²) < 4.78 is 37.1. The average molecular weight is 425 g/mol. The lowest BCUT2D eigenvalue weighted by atomic mass is 10.1. The topological polar surface area (TPSA) is 49.7 Å². The Labute approximate surface area is 167 Å². The first-order valence-electron chi connectivity index (χ1n) is 8.54. The molecule has 0 amide bonds. The van der Waals surface area contributed by atoms with Crippen LogP contribution in [0, 0.1) is 12.7 Å². The van der Waals surface area contributed by atoms with Gasteiger partial charge in [-0.2, -0.15) is 0 Å². The summed E-state index contributed by atoms with van der Waals surface area (Å²) in [5.74, 6) is -0.111. The number of hydrogen-bond donors (Lipinski definition) is 0. The number of fused-ring (bicyclic) bond motifs is 1. The molecular formula is C19H18ClFN2O2S2. The number of hydrogen-bond acceptors (Lipinski definition) is 5. The van der Waals surface area contributed by atoms with Gasteiger partial charge in [0.25, 0.3) is 0 Å². The van der Waals surface area contributed by atoms with Gasteiger partial charge in [0, 0.05) is 16.0 Å². The number of sulfone groups is 1. The van der Waals surface area contributed by atoms with E-state index in [9.17, 15) is 12.8 Å². The van der Waals surface area contributed by atoms with Crippen LogP contribution >= 0.6 is 23.4 Å². The normalized spacial score (nSPS) is 23.1. The molecule has 0 spiro atoms. The zero-order valence-corrected chi connectivity index (χ0v) is 17.0. The van der Waals surface area contributed by atoms with Gasteiger partial charge in [0.15, 0.2) is 15.0 Å². The number of anilines is 1. The van der Waals surface area contributed by atoms with Crippen LogP contribution in [-0.2, 0) is 16.4 Å². The number of benzene rings is 2. The van der Waals surface area contributed by atoms with Crippen LogP contribution in [0.25, 0.3) is 0 Å². The van der Waals surface area contributed by atoms with E-state index in [4.69, 9.17) is 16.6 Å². The number of thioether (sulfide) groups is 1. The quantitative estimate of drug-likeness (QED) is 0.745. The Hall–Kier alpha value is -1.57. The fraction of sp³-hybridized carbons (Fsp3) is 0.316. The lowest BCUT2D eigenvalue weighted by Gasteiger charge is -2.25. The van der Waals surface area contributed by atoms with Gasteiger partial charge in [0.2, 0.25) is 0 Å². The fourth-order valence-corrected chi connectivity index (χ4v) is 7.36. The molecule has 0 N–H and O–H groups in total. The molecule has 4 rings (SSSR count). The zero-order valence-electron chi connectivity index (χ0n) is 14.6. The standard InChI is InChI=1S/C19H18ClFN2O2S2/c1-12-3-2-4-15(7-12)23(9-13-5-6-14(21)8-16(13)20)19-22-17-10-27(24,25)11-18(17)26-19/h2-8,17-18H,9-11H2,1H3/t17-,18+/m1/s1. The molecule has 1 saturated heterocycles. The van der Waals surface area contributed by atoms with E-state index in [0.717, 1.165) is 22.0 Å². The Morgan fingerprint density at radius 1 is 1.26 bits per heavy atom. The van der Waals surface area contributed by atoms with Gasteiger partial charge < -0.3 is 4.90 Å². The van der Waals surface area contributed by atoms with Gasteiger partial charge in [-0.15, -0.1) is 0 Å². The van der Waals surface area contributed by atoms with E-state index in [0.29, 0.717) is 11.6 Å². The molecular weight excluding hydrogens is 407 g/mol. The van der Waals surface area contributed by atoms with Crippen LogP contribution in [0.15, 0.2) is 47.5 Å². The van der Waals surface area contributed by atoms with Crippen molar-refractivity contribution < 1.29 is 12.8 Å². The second kappa shape index (κ2) is 7.11. The zero-order chi connectivity index (χ0) is 19.2. The van der Waals surface area contributed by atoms with Gasteiger partial charge in [-0.05, 0) is 42.3 Å². The molecule has 2 aromatic carbocycles. The highest BCUT2D eigenvalue weighted by Crippen LogP contribution is 2.38. The van der Waals surface area contributed by atoms with Crippen molar-refractivity contribution in [3.8, 4) is 0 Å². The van der Waals surface area contributed by atoms with E-state index >= 15 is 0 Å². The number of aryl methyl sites for hydroxylation is 1. The molecule has 1 fully saturated rings. The molecule has 0 aliphatic carbocycles. The van der Waals surface area contributed by atoms with E-state index in [1.807, 2.05) is 36.1 Å². The second-order valence-corrected chi connectivity index (χ2v) is 10.6. The number of amidine groups is 1. The van der Waals surface area contributed by atoms with E-state index in [2.05, 4.69) is 0 Å². The summed E-state index contributed by atoms with van der Waals surface area (Å²) >= 11 is 7.74. The number of nitrogens with zero attached hydrogens (tertiary/aromatic N) is 2. The van der Waals surface area contributed by atoms with Crippen molar-refractivity contribution in [1.82, 2.24) is 0 Å². The largest absolute Gasteiger partial charge is 0.317 e. The highest BCUT2D eigenvalue weighted by molar-refractivity contribution is 8.15. The van der Waals surface area contributed by atoms with E-state index in [-0.39, 0.29) is 28.6 Å². The van der Waals surface area contributed by atoms with Crippen molar-refractivity contribution >= 4 is 44.1 Å². The minimum absolute atomic E-state index is 0.0407. The van der Waals surface area contributed by atoms with Crippen molar-refractivity contribution in [2.24, 2.45) is 4.99 Å². The predicted molar refractivity (Wildman–Crippen MR) is 110 cm³/mol. The average Bonchev–Trinajstić information content (AvgIpc) is 3.07. The van der Waals surface area contributed by atoms with Crippen molar-refractivity contribution in [2.75, 3.05) is 16.4 Å². The first-order valence-corrected chi connectivity index (χ1v) is 11.6. The van der Waals surface area contributed by atoms with Crippen molar-refractivity contribution in [1.29, 1.82) is 0 Å². The molecule has 0 bridgehead atoms. The molecule has 2 heterocycles. The van der Waals surface area contributed by atoms with Crippen LogP contribution < -0.4 is 4.90 Å².